The molecule has 0 aliphatic heterocycles. The second-order valence-corrected chi connectivity index (χ2v) is 10.1. The number of hydrogen-bond acceptors (Lipinski definition) is 5. The summed E-state index contributed by atoms with van der Waals surface area (Å²) < 4.78 is 5.87. The molecule has 0 radical (unpaired) electrons. The van der Waals surface area contributed by atoms with Crippen LogP contribution in [0.4, 0.5) is 11.4 Å². The molecule has 38 heavy (non-hydrogen) atoms. The molecule has 1 saturated carbocycles. The van der Waals surface area contributed by atoms with Crippen molar-refractivity contribution >= 4 is 29.0 Å². The fourth-order valence-electron chi connectivity index (χ4n) is 5.36. The van der Waals surface area contributed by atoms with Crippen LogP contribution in [0.15, 0.2) is 72.8 Å². The minimum atomic E-state index is -1.70. The average Bonchev–Trinajstić information content (AvgIpc) is 2.86. The van der Waals surface area contributed by atoms with Gasteiger partial charge in [0, 0.05) is 23.7 Å². The van der Waals surface area contributed by atoms with Gasteiger partial charge in [0.15, 0.2) is 0 Å². The van der Waals surface area contributed by atoms with Gasteiger partial charge in [-0.3, -0.25) is 14.4 Å². The number of nitrogens with one attached hydrogen (secondary N) is 2. The van der Waals surface area contributed by atoms with E-state index in [9.17, 15) is 19.5 Å². The summed E-state index contributed by atoms with van der Waals surface area (Å²) in [5.74, 6) is -4.27. The summed E-state index contributed by atoms with van der Waals surface area (Å²) in [6.45, 7) is 7.42. The first-order chi connectivity index (χ1) is 18.1. The highest BCUT2D eigenvalue weighted by Gasteiger charge is 2.56. The minimum Gasteiger partial charge on any atom is -0.494 e. The van der Waals surface area contributed by atoms with Gasteiger partial charge in [0.1, 0.15) is 17.5 Å². The fourth-order valence-corrected chi connectivity index (χ4v) is 5.36. The number of aryl methyl sites for hydroxylation is 2. The summed E-state index contributed by atoms with van der Waals surface area (Å²) in [6, 6.07) is 21.7. The maximum Gasteiger partial charge on any atom is 0.235 e. The molecule has 198 valence electrons. The number of rotatable bonds is 7. The molecular weight excluding hydrogens is 480 g/mol. The number of amides is 2. The second kappa shape index (κ2) is 11.2. The van der Waals surface area contributed by atoms with Gasteiger partial charge in [0.2, 0.25) is 11.8 Å². The maximum absolute atomic E-state index is 13.9. The van der Waals surface area contributed by atoms with E-state index in [2.05, 4.69) is 10.6 Å². The van der Waals surface area contributed by atoms with Crippen LogP contribution in [0.1, 0.15) is 42.9 Å². The molecule has 0 saturated heterocycles. The molecule has 0 spiro atoms. The highest BCUT2D eigenvalue weighted by Crippen LogP contribution is 2.49. The lowest BCUT2D eigenvalue weighted by molar-refractivity contribution is -0.150. The van der Waals surface area contributed by atoms with E-state index < -0.39 is 41.0 Å². The number of anilines is 2. The van der Waals surface area contributed by atoms with Crippen LogP contribution in [-0.4, -0.2) is 34.9 Å². The highest BCUT2D eigenvalue weighted by molar-refractivity contribution is 6.10. The Labute approximate surface area is 223 Å². The zero-order chi connectivity index (χ0) is 27.4. The third-order valence-electron chi connectivity index (χ3n) is 7.22. The smallest absolute Gasteiger partial charge is 0.235 e. The molecule has 7 heteroatoms. The normalized spacial score (nSPS) is 23.0. The van der Waals surface area contributed by atoms with E-state index in [1.165, 1.54) is 6.92 Å². The first kappa shape index (κ1) is 27.1. The van der Waals surface area contributed by atoms with Gasteiger partial charge < -0.3 is 20.5 Å². The van der Waals surface area contributed by atoms with Gasteiger partial charge in [-0.2, -0.15) is 0 Å². The lowest BCUT2D eigenvalue weighted by Gasteiger charge is -2.44. The van der Waals surface area contributed by atoms with E-state index in [4.69, 9.17) is 4.74 Å². The van der Waals surface area contributed by atoms with E-state index in [-0.39, 0.29) is 6.42 Å². The molecule has 0 bridgehead atoms. The number of carbonyl (C=O) groups excluding carboxylic acids is 3. The first-order valence-corrected chi connectivity index (χ1v) is 12.8. The van der Waals surface area contributed by atoms with Crippen molar-refractivity contribution in [3.63, 3.8) is 0 Å². The number of para-hydroxylation sites is 3. The Morgan fingerprint density at radius 3 is 2.00 bits per heavy atom. The molecule has 7 nitrogen and oxygen atoms in total. The summed E-state index contributed by atoms with van der Waals surface area (Å²) in [4.78, 5) is 41.3. The number of Topliss-reactive ketones (excluding diaryl/α,β-unsaturated/α-hetero) is 1. The largest absolute Gasteiger partial charge is 0.494 e. The molecule has 0 heterocycles. The van der Waals surface area contributed by atoms with Gasteiger partial charge in [-0.05, 0) is 62.6 Å². The average molecular weight is 515 g/mol. The van der Waals surface area contributed by atoms with E-state index in [1.807, 2.05) is 51.1 Å². The Morgan fingerprint density at radius 2 is 1.42 bits per heavy atom. The molecule has 2 amide bonds. The summed E-state index contributed by atoms with van der Waals surface area (Å²) in [7, 11) is 0. The summed E-state index contributed by atoms with van der Waals surface area (Å²) >= 11 is 0. The number of ketones is 1. The lowest BCUT2D eigenvalue weighted by atomic mass is 9.61. The molecule has 3 aromatic carbocycles. The van der Waals surface area contributed by atoms with Crippen molar-refractivity contribution in [1.29, 1.82) is 0 Å². The molecular formula is C31H34N2O5. The van der Waals surface area contributed by atoms with Crippen LogP contribution in [0.3, 0.4) is 0 Å². The molecule has 0 aromatic heterocycles. The van der Waals surface area contributed by atoms with Gasteiger partial charge >= 0.3 is 0 Å². The predicted octanol–water partition coefficient (Wildman–Crippen LogP) is 5.02. The monoisotopic (exact) mass is 514 g/mol. The number of carbonyl (C=O) groups is 3. The van der Waals surface area contributed by atoms with Crippen LogP contribution >= 0.6 is 0 Å². The van der Waals surface area contributed by atoms with Crippen LogP contribution in [0.5, 0.6) is 5.75 Å². The third-order valence-corrected chi connectivity index (χ3v) is 7.22. The standard InChI is InChI=1S/C31H34N2O5/c1-5-38-25-17-11-8-14-21(25)26-27(29(35)32-22-15-9-6-12-19(22)2)24(34)18-31(4,37)28(26)30(36)33-23-16-10-7-13-20(23)3/h6-17,26-28,37H,5,18H2,1-4H3,(H,32,35)(H,33,36). The summed E-state index contributed by atoms with van der Waals surface area (Å²) in [6.07, 6.45) is -0.335. The number of aliphatic hydroxyl groups is 1. The van der Waals surface area contributed by atoms with Gasteiger partial charge in [0.25, 0.3) is 0 Å². The van der Waals surface area contributed by atoms with Crippen molar-refractivity contribution in [3.8, 4) is 5.75 Å². The quantitative estimate of drug-likeness (QED) is 0.384. The molecule has 1 fully saturated rings. The first-order valence-electron chi connectivity index (χ1n) is 12.8. The van der Waals surface area contributed by atoms with Crippen LogP contribution in [-0.2, 0) is 14.4 Å². The zero-order valence-electron chi connectivity index (χ0n) is 22.2. The summed E-state index contributed by atoms with van der Waals surface area (Å²) in [5.41, 5.74) is 1.71. The Morgan fingerprint density at radius 1 is 0.895 bits per heavy atom. The molecule has 1 aliphatic carbocycles. The van der Waals surface area contributed by atoms with E-state index >= 15 is 0 Å². The SMILES string of the molecule is CCOc1ccccc1C1C(C(=O)Nc2ccccc2C)C(=O)CC(C)(O)C1C(=O)Nc1ccccc1C. The number of ether oxygens (including phenoxy) is 1. The van der Waals surface area contributed by atoms with Crippen molar-refractivity contribution in [2.24, 2.45) is 11.8 Å². The molecule has 3 aromatic rings. The van der Waals surface area contributed by atoms with Crippen molar-refractivity contribution in [3.05, 3.63) is 89.5 Å². The van der Waals surface area contributed by atoms with Crippen molar-refractivity contribution in [2.75, 3.05) is 17.2 Å². The summed E-state index contributed by atoms with van der Waals surface area (Å²) in [5, 5.41) is 17.4. The fraction of sp³-hybridized carbons (Fsp3) is 0.323. The molecule has 3 N–H and O–H groups in total. The minimum absolute atomic E-state index is 0.335. The van der Waals surface area contributed by atoms with E-state index in [1.54, 1.807) is 42.5 Å². The van der Waals surface area contributed by atoms with Gasteiger partial charge in [-0.1, -0.05) is 54.6 Å². The van der Waals surface area contributed by atoms with Crippen molar-refractivity contribution < 1.29 is 24.2 Å². The van der Waals surface area contributed by atoms with Crippen LogP contribution in [0.2, 0.25) is 0 Å². The van der Waals surface area contributed by atoms with Crippen LogP contribution < -0.4 is 15.4 Å². The second-order valence-electron chi connectivity index (χ2n) is 10.1. The van der Waals surface area contributed by atoms with Gasteiger partial charge in [-0.15, -0.1) is 0 Å². The molecule has 4 rings (SSSR count). The van der Waals surface area contributed by atoms with Gasteiger partial charge in [0.05, 0.1) is 18.1 Å². The predicted molar refractivity (Wildman–Crippen MR) is 147 cm³/mol. The van der Waals surface area contributed by atoms with Crippen molar-refractivity contribution in [2.45, 2.75) is 45.6 Å². The number of hydrogen-bond donors (Lipinski definition) is 3. The highest BCUT2D eigenvalue weighted by atomic mass is 16.5. The Kier molecular flexibility index (Phi) is 7.97. The molecule has 1 aliphatic rings. The number of benzene rings is 3. The maximum atomic E-state index is 13.9. The van der Waals surface area contributed by atoms with E-state index in [0.717, 1.165) is 11.1 Å². The Bertz CT molecular complexity index is 1350. The Balaban J connectivity index is 1.83. The van der Waals surface area contributed by atoms with Crippen LogP contribution in [0, 0.1) is 25.7 Å². The third kappa shape index (κ3) is 5.48. The topological polar surface area (TPSA) is 105 Å². The Hall–Kier alpha value is -3.97. The zero-order valence-corrected chi connectivity index (χ0v) is 22.2. The molecule has 4 atom stereocenters. The molecule has 4 unspecified atom stereocenters. The van der Waals surface area contributed by atoms with Crippen molar-refractivity contribution in [1.82, 2.24) is 0 Å². The van der Waals surface area contributed by atoms with Crippen LogP contribution in [0.25, 0.3) is 0 Å². The lowest BCUT2D eigenvalue weighted by Crippen LogP contribution is -2.56. The van der Waals surface area contributed by atoms with E-state index in [0.29, 0.717) is 29.3 Å². The van der Waals surface area contributed by atoms with Gasteiger partial charge in [-0.25, -0.2) is 0 Å².